The highest BCUT2D eigenvalue weighted by Crippen LogP contribution is 2.41. The number of benzene rings is 2. The number of amides is 2. The normalized spacial score (nSPS) is 17.1. The van der Waals surface area contributed by atoms with Crippen molar-refractivity contribution in [3.63, 3.8) is 0 Å². The number of carbonyl (C=O) groups is 2. The molecule has 35 heavy (non-hydrogen) atoms. The highest BCUT2D eigenvalue weighted by Gasteiger charge is 2.28. The SMILES string of the molecule is Cc1[nH]c(/C=C2\C(=O)Nc3cccc(-c4cccc(F)c4)c32)c(C)c1CC(=O)N1CCC(O)CC1. The van der Waals surface area contributed by atoms with Crippen LogP contribution in [0, 0.1) is 19.7 Å². The van der Waals surface area contributed by atoms with Gasteiger partial charge in [-0.05, 0) is 73.2 Å². The number of fused-ring (bicyclic) bond motifs is 1. The first-order valence-electron chi connectivity index (χ1n) is 11.9. The number of aromatic nitrogens is 1. The number of aliphatic hydroxyl groups is 1. The van der Waals surface area contributed by atoms with Gasteiger partial charge in [0, 0.05) is 35.7 Å². The second-order valence-corrected chi connectivity index (χ2v) is 9.31. The topological polar surface area (TPSA) is 85.4 Å². The van der Waals surface area contributed by atoms with Crippen LogP contribution in [0.15, 0.2) is 42.5 Å². The monoisotopic (exact) mass is 473 g/mol. The van der Waals surface area contributed by atoms with Crippen molar-refractivity contribution in [1.82, 2.24) is 9.88 Å². The average Bonchev–Trinajstić information content (AvgIpc) is 3.29. The molecule has 3 heterocycles. The maximum atomic E-state index is 13.9. The fourth-order valence-electron chi connectivity index (χ4n) is 5.03. The van der Waals surface area contributed by atoms with Crippen molar-refractivity contribution in [2.75, 3.05) is 18.4 Å². The Morgan fingerprint density at radius 2 is 1.91 bits per heavy atom. The molecule has 3 N–H and O–H groups in total. The van der Waals surface area contributed by atoms with E-state index in [0.29, 0.717) is 42.8 Å². The third-order valence-corrected chi connectivity index (χ3v) is 7.03. The molecule has 2 aliphatic heterocycles. The number of carbonyl (C=O) groups excluding carboxylic acids is 2. The Morgan fingerprint density at radius 1 is 1.17 bits per heavy atom. The van der Waals surface area contributed by atoms with Crippen molar-refractivity contribution in [3.05, 3.63) is 76.4 Å². The third-order valence-electron chi connectivity index (χ3n) is 7.03. The molecule has 0 bridgehead atoms. The minimum Gasteiger partial charge on any atom is -0.393 e. The van der Waals surface area contributed by atoms with Gasteiger partial charge in [0.2, 0.25) is 5.91 Å². The minimum absolute atomic E-state index is 0.0404. The number of nitrogens with zero attached hydrogens (tertiary/aromatic N) is 1. The first-order valence-corrected chi connectivity index (χ1v) is 11.9. The standard InChI is InChI=1S/C28H28FN3O3/c1-16-22(15-26(34)32-11-9-20(33)10-12-32)17(2)30-25(16)14-23-27-21(18-5-3-6-19(29)13-18)7-4-8-24(27)31-28(23)35/h3-8,13-14,20,30,33H,9-12,15H2,1-2H3,(H,31,35)/b23-14-. The van der Waals surface area contributed by atoms with E-state index in [4.69, 9.17) is 0 Å². The number of H-pyrrole nitrogens is 1. The Morgan fingerprint density at radius 3 is 2.66 bits per heavy atom. The molecule has 3 aromatic rings. The van der Waals surface area contributed by atoms with Gasteiger partial charge in [0.05, 0.1) is 18.1 Å². The van der Waals surface area contributed by atoms with E-state index < -0.39 is 0 Å². The highest BCUT2D eigenvalue weighted by molar-refractivity contribution is 6.36. The van der Waals surface area contributed by atoms with Gasteiger partial charge in [0.1, 0.15) is 5.82 Å². The molecule has 0 atom stereocenters. The smallest absolute Gasteiger partial charge is 0.256 e. The van der Waals surface area contributed by atoms with Crippen LogP contribution in [0.5, 0.6) is 0 Å². The summed E-state index contributed by atoms with van der Waals surface area (Å²) in [5.41, 5.74) is 6.88. The quantitative estimate of drug-likeness (QED) is 0.489. The van der Waals surface area contributed by atoms with Crippen LogP contribution in [0.1, 0.15) is 40.9 Å². The van der Waals surface area contributed by atoms with E-state index >= 15 is 0 Å². The van der Waals surface area contributed by atoms with Crippen LogP contribution in [-0.2, 0) is 16.0 Å². The van der Waals surface area contributed by atoms with E-state index in [1.54, 1.807) is 6.07 Å². The second kappa shape index (κ2) is 9.15. The second-order valence-electron chi connectivity index (χ2n) is 9.31. The zero-order chi connectivity index (χ0) is 24.7. The molecule has 2 amide bonds. The predicted octanol–water partition coefficient (Wildman–Crippen LogP) is 4.46. The van der Waals surface area contributed by atoms with Crippen LogP contribution in [0.2, 0.25) is 0 Å². The highest BCUT2D eigenvalue weighted by atomic mass is 19.1. The number of likely N-dealkylation sites (tertiary alicyclic amines) is 1. The first-order chi connectivity index (χ1) is 16.8. The Bertz CT molecular complexity index is 1350. The molecule has 0 radical (unpaired) electrons. The maximum Gasteiger partial charge on any atom is 0.256 e. The van der Waals surface area contributed by atoms with Gasteiger partial charge in [-0.15, -0.1) is 0 Å². The molecule has 1 aromatic heterocycles. The van der Waals surface area contributed by atoms with Gasteiger partial charge in [0.25, 0.3) is 5.91 Å². The van der Waals surface area contributed by atoms with Crippen LogP contribution in [0.4, 0.5) is 10.1 Å². The van der Waals surface area contributed by atoms with Crippen LogP contribution < -0.4 is 5.32 Å². The summed E-state index contributed by atoms with van der Waals surface area (Å²) in [6, 6.07) is 11.9. The van der Waals surface area contributed by atoms with Crippen molar-refractivity contribution in [2.45, 2.75) is 39.2 Å². The molecule has 5 rings (SSSR count). The first kappa shape index (κ1) is 23.1. The van der Waals surface area contributed by atoms with E-state index in [1.165, 1.54) is 12.1 Å². The summed E-state index contributed by atoms with van der Waals surface area (Å²) in [7, 11) is 0. The van der Waals surface area contributed by atoms with E-state index in [9.17, 15) is 19.1 Å². The lowest BCUT2D eigenvalue weighted by molar-refractivity contribution is -0.132. The molecule has 0 unspecified atom stereocenters. The number of hydrogen-bond acceptors (Lipinski definition) is 3. The van der Waals surface area contributed by atoms with Crippen molar-refractivity contribution in [1.29, 1.82) is 0 Å². The molecular weight excluding hydrogens is 445 g/mol. The summed E-state index contributed by atoms with van der Waals surface area (Å²) >= 11 is 0. The van der Waals surface area contributed by atoms with Gasteiger partial charge in [-0.25, -0.2) is 4.39 Å². The summed E-state index contributed by atoms with van der Waals surface area (Å²) in [5.74, 6) is -0.519. The maximum absolute atomic E-state index is 13.9. The Kier molecular flexibility index (Phi) is 6.03. The van der Waals surface area contributed by atoms with Crippen molar-refractivity contribution in [3.8, 4) is 11.1 Å². The fourth-order valence-corrected chi connectivity index (χ4v) is 5.03. The molecule has 1 saturated heterocycles. The molecule has 0 aliphatic carbocycles. The number of halogens is 1. The van der Waals surface area contributed by atoms with Crippen LogP contribution >= 0.6 is 0 Å². The lowest BCUT2D eigenvalue weighted by Crippen LogP contribution is -2.40. The zero-order valence-corrected chi connectivity index (χ0v) is 19.8. The number of nitrogens with one attached hydrogen (secondary N) is 2. The summed E-state index contributed by atoms with van der Waals surface area (Å²) < 4.78 is 13.9. The van der Waals surface area contributed by atoms with Crippen molar-refractivity contribution in [2.24, 2.45) is 0 Å². The largest absolute Gasteiger partial charge is 0.393 e. The van der Waals surface area contributed by atoms with Gasteiger partial charge >= 0.3 is 0 Å². The molecular formula is C28H28FN3O3. The van der Waals surface area contributed by atoms with Gasteiger partial charge in [-0.1, -0.05) is 24.3 Å². The number of aryl methyl sites for hydroxylation is 1. The van der Waals surface area contributed by atoms with E-state index in [2.05, 4.69) is 10.3 Å². The van der Waals surface area contributed by atoms with Gasteiger partial charge in [0.15, 0.2) is 0 Å². The number of aliphatic hydroxyl groups excluding tert-OH is 1. The van der Waals surface area contributed by atoms with Crippen LogP contribution in [-0.4, -0.2) is 46.0 Å². The number of piperidine rings is 1. The summed E-state index contributed by atoms with van der Waals surface area (Å²) in [5, 5.41) is 12.6. The summed E-state index contributed by atoms with van der Waals surface area (Å²) in [6.45, 7) is 5.02. The van der Waals surface area contributed by atoms with Crippen molar-refractivity contribution >= 4 is 29.2 Å². The average molecular weight is 474 g/mol. The van der Waals surface area contributed by atoms with Gasteiger partial charge < -0.3 is 20.3 Å². The Hall–Kier alpha value is -3.71. The van der Waals surface area contributed by atoms with Gasteiger partial charge in [-0.2, -0.15) is 0 Å². The van der Waals surface area contributed by atoms with E-state index in [0.717, 1.165) is 33.6 Å². The molecule has 0 spiro atoms. The number of anilines is 1. The molecule has 2 aliphatic rings. The molecule has 2 aromatic carbocycles. The lowest BCUT2D eigenvalue weighted by atomic mass is 9.94. The van der Waals surface area contributed by atoms with Crippen molar-refractivity contribution < 1.29 is 19.1 Å². The molecule has 0 saturated carbocycles. The Labute approximate surface area is 203 Å². The predicted molar refractivity (Wildman–Crippen MR) is 134 cm³/mol. The molecule has 1 fully saturated rings. The van der Waals surface area contributed by atoms with E-state index in [1.807, 2.05) is 49.1 Å². The lowest BCUT2D eigenvalue weighted by Gasteiger charge is -2.29. The van der Waals surface area contributed by atoms with Gasteiger partial charge in [-0.3, -0.25) is 9.59 Å². The molecule has 6 nitrogen and oxygen atoms in total. The summed E-state index contributed by atoms with van der Waals surface area (Å²) in [4.78, 5) is 31.0. The molecule has 7 heteroatoms. The third kappa shape index (κ3) is 4.39. The fraction of sp³-hybridized carbons (Fsp3) is 0.286. The summed E-state index contributed by atoms with van der Waals surface area (Å²) in [6.07, 6.45) is 2.97. The van der Waals surface area contributed by atoms with Crippen LogP contribution in [0.3, 0.4) is 0 Å². The Balaban J connectivity index is 1.49. The zero-order valence-electron chi connectivity index (χ0n) is 19.8. The number of hydrogen-bond donors (Lipinski definition) is 3. The molecule has 180 valence electrons. The minimum atomic E-state index is -0.337. The number of rotatable bonds is 4. The van der Waals surface area contributed by atoms with Crippen LogP contribution in [0.25, 0.3) is 22.8 Å². The van der Waals surface area contributed by atoms with E-state index in [-0.39, 0.29) is 30.2 Å². The number of aromatic amines is 1.